The molecule has 0 radical (unpaired) electrons. The molecule has 1 aliphatic rings. The summed E-state index contributed by atoms with van der Waals surface area (Å²) >= 11 is 0. The van der Waals surface area contributed by atoms with Gasteiger partial charge in [-0.15, -0.1) is 0 Å². The third kappa shape index (κ3) is 4.81. The molecule has 0 aromatic rings. The molecule has 1 N–H and O–H groups in total. The van der Waals surface area contributed by atoms with Gasteiger partial charge in [-0.05, 0) is 33.7 Å². The van der Waals surface area contributed by atoms with Crippen molar-refractivity contribution in [3.05, 3.63) is 0 Å². The van der Waals surface area contributed by atoms with E-state index in [4.69, 9.17) is 0 Å². The van der Waals surface area contributed by atoms with Crippen LogP contribution in [0.1, 0.15) is 34.1 Å². The van der Waals surface area contributed by atoms with E-state index in [2.05, 4.69) is 42.8 Å². The third-order valence-corrected chi connectivity index (χ3v) is 3.35. The van der Waals surface area contributed by atoms with E-state index in [1.54, 1.807) is 0 Å². The number of nitrogens with one attached hydrogen (secondary N) is 1. The van der Waals surface area contributed by atoms with Crippen molar-refractivity contribution in [1.29, 1.82) is 0 Å². The molecule has 96 valence electrons. The highest BCUT2D eigenvalue weighted by Crippen LogP contribution is 2.15. The average molecular weight is 227 g/mol. The molecule has 0 unspecified atom stereocenters. The van der Waals surface area contributed by atoms with Crippen LogP contribution in [0.5, 0.6) is 0 Å². The maximum atomic E-state index is 3.47. The van der Waals surface area contributed by atoms with Gasteiger partial charge >= 0.3 is 0 Å². The number of rotatable bonds is 5. The summed E-state index contributed by atoms with van der Waals surface area (Å²) in [4.78, 5) is 5.16. The molecule has 0 amide bonds. The lowest BCUT2D eigenvalue weighted by Crippen LogP contribution is -2.54. The number of hydrogen-bond donors (Lipinski definition) is 1. The first-order valence-electron chi connectivity index (χ1n) is 6.72. The van der Waals surface area contributed by atoms with Crippen LogP contribution in [-0.4, -0.2) is 61.2 Å². The molecule has 0 aliphatic carbocycles. The Labute approximate surface area is 101 Å². The quantitative estimate of drug-likeness (QED) is 0.716. The molecule has 0 aromatic carbocycles. The predicted molar refractivity (Wildman–Crippen MR) is 70.9 cm³/mol. The summed E-state index contributed by atoms with van der Waals surface area (Å²) in [5.74, 6) is 0. The van der Waals surface area contributed by atoms with Crippen molar-refractivity contribution in [2.45, 2.75) is 39.7 Å². The lowest BCUT2D eigenvalue weighted by molar-refractivity contribution is 0.0628. The van der Waals surface area contributed by atoms with E-state index in [0.29, 0.717) is 5.54 Å². The van der Waals surface area contributed by atoms with Gasteiger partial charge in [0, 0.05) is 44.8 Å². The Morgan fingerprint density at radius 3 is 2.12 bits per heavy atom. The standard InChI is InChI=1S/C13H29N3/c1-5-6-14-7-8-15-9-11-16(12-10-15)13(2,3)4/h14H,5-12H2,1-4H3. The zero-order valence-electron chi connectivity index (χ0n) is 11.6. The van der Waals surface area contributed by atoms with Gasteiger partial charge in [0.2, 0.25) is 0 Å². The Hall–Kier alpha value is -0.120. The topological polar surface area (TPSA) is 18.5 Å². The van der Waals surface area contributed by atoms with Crippen LogP contribution in [0, 0.1) is 0 Å². The fourth-order valence-electron chi connectivity index (χ4n) is 2.18. The van der Waals surface area contributed by atoms with Crippen LogP contribution in [0.4, 0.5) is 0 Å². The second-order valence-corrected chi connectivity index (χ2v) is 5.75. The summed E-state index contributed by atoms with van der Waals surface area (Å²) < 4.78 is 0. The molecule has 3 heteroatoms. The summed E-state index contributed by atoms with van der Waals surface area (Å²) in [7, 11) is 0. The minimum absolute atomic E-state index is 0.340. The van der Waals surface area contributed by atoms with Crippen molar-refractivity contribution in [1.82, 2.24) is 15.1 Å². The van der Waals surface area contributed by atoms with Crippen LogP contribution in [-0.2, 0) is 0 Å². The van der Waals surface area contributed by atoms with Crippen LogP contribution in [0.3, 0.4) is 0 Å². The molecule has 3 nitrogen and oxygen atoms in total. The SMILES string of the molecule is CCCNCCN1CCN(C(C)(C)C)CC1. The van der Waals surface area contributed by atoms with Gasteiger partial charge in [-0.25, -0.2) is 0 Å². The van der Waals surface area contributed by atoms with Crippen LogP contribution >= 0.6 is 0 Å². The molecular weight excluding hydrogens is 198 g/mol. The largest absolute Gasteiger partial charge is 0.315 e. The predicted octanol–water partition coefficient (Wildman–Crippen LogP) is 1.40. The molecule has 1 fully saturated rings. The van der Waals surface area contributed by atoms with E-state index >= 15 is 0 Å². The van der Waals surface area contributed by atoms with Crippen LogP contribution in [0.15, 0.2) is 0 Å². The molecule has 0 bridgehead atoms. The van der Waals surface area contributed by atoms with Crippen molar-refractivity contribution in [3.8, 4) is 0 Å². The number of piperazine rings is 1. The Balaban J connectivity index is 2.12. The van der Waals surface area contributed by atoms with Crippen molar-refractivity contribution in [3.63, 3.8) is 0 Å². The lowest BCUT2D eigenvalue weighted by Gasteiger charge is -2.42. The van der Waals surface area contributed by atoms with Gasteiger partial charge in [0.05, 0.1) is 0 Å². The Kier molecular flexibility index (Phi) is 5.73. The van der Waals surface area contributed by atoms with Gasteiger partial charge in [0.1, 0.15) is 0 Å². The molecule has 0 saturated carbocycles. The molecule has 0 spiro atoms. The second kappa shape index (κ2) is 6.58. The molecular formula is C13H29N3. The highest BCUT2D eigenvalue weighted by Gasteiger charge is 2.25. The minimum atomic E-state index is 0.340. The monoisotopic (exact) mass is 227 g/mol. The first-order valence-corrected chi connectivity index (χ1v) is 6.72. The Bertz CT molecular complexity index is 178. The van der Waals surface area contributed by atoms with Gasteiger partial charge in [0.25, 0.3) is 0 Å². The van der Waals surface area contributed by atoms with Gasteiger partial charge in [-0.1, -0.05) is 6.92 Å². The van der Waals surface area contributed by atoms with E-state index in [-0.39, 0.29) is 0 Å². The van der Waals surface area contributed by atoms with Gasteiger partial charge in [-0.3, -0.25) is 9.80 Å². The Morgan fingerprint density at radius 1 is 1.00 bits per heavy atom. The molecule has 16 heavy (non-hydrogen) atoms. The fourth-order valence-corrected chi connectivity index (χ4v) is 2.18. The average Bonchev–Trinajstić information content (AvgIpc) is 2.24. The van der Waals surface area contributed by atoms with Gasteiger partial charge < -0.3 is 5.32 Å². The fraction of sp³-hybridized carbons (Fsp3) is 1.00. The normalized spacial score (nSPS) is 20.2. The van der Waals surface area contributed by atoms with Crippen molar-refractivity contribution in [2.75, 3.05) is 45.8 Å². The minimum Gasteiger partial charge on any atom is -0.315 e. The van der Waals surface area contributed by atoms with Crippen molar-refractivity contribution < 1.29 is 0 Å². The molecule has 0 atom stereocenters. The number of hydrogen-bond acceptors (Lipinski definition) is 3. The second-order valence-electron chi connectivity index (χ2n) is 5.75. The highest BCUT2D eigenvalue weighted by atomic mass is 15.3. The summed E-state index contributed by atoms with van der Waals surface area (Å²) in [6, 6.07) is 0. The smallest absolute Gasteiger partial charge is 0.0126 e. The molecule has 1 saturated heterocycles. The summed E-state index contributed by atoms with van der Waals surface area (Å²) in [6.45, 7) is 17.5. The molecule has 1 heterocycles. The third-order valence-electron chi connectivity index (χ3n) is 3.35. The van der Waals surface area contributed by atoms with Gasteiger partial charge in [0.15, 0.2) is 0 Å². The maximum Gasteiger partial charge on any atom is 0.0126 e. The summed E-state index contributed by atoms with van der Waals surface area (Å²) in [6.07, 6.45) is 1.23. The van der Waals surface area contributed by atoms with Crippen LogP contribution in [0.25, 0.3) is 0 Å². The first-order chi connectivity index (χ1) is 7.54. The van der Waals surface area contributed by atoms with Crippen molar-refractivity contribution in [2.24, 2.45) is 0 Å². The number of nitrogens with zero attached hydrogens (tertiary/aromatic N) is 2. The van der Waals surface area contributed by atoms with Crippen LogP contribution in [0.2, 0.25) is 0 Å². The zero-order chi connectivity index (χ0) is 12.0. The first kappa shape index (κ1) is 13.9. The highest BCUT2D eigenvalue weighted by molar-refractivity contribution is 4.81. The van der Waals surface area contributed by atoms with Crippen molar-refractivity contribution >= 4 is 0 Å². The summed E-state index contributed by atoms with van der Waals surface area (Å²) in [5, 5.41) is 3.47. The van der Waals surface area contributed by atoms with E-state index in [1.165, 1.54) is 39.1 Å². The van der Waals surface area contributed by atoms with E-state index in [0.717, 1.165) is 13.1 Å². The van der Waals surface area contributed by atoms with E-state index < -0.39 is 0 Å². The zero-order valence-corrected chi connectivity index (χ0v) is 11.6. The maximum absolute atomic E-state index is 3.47. The molecule has 1 rings (SSSR count). The molecule has 0 aromatic heterocycles. The van der Waals surface area contributed by atoms with Gasteiger partial charge in [-0.2, -0.15) is 0 Å². The summed E-state index contributed by atoms with van der Waals surface area (Å²) in [5.41, 5.74) is 0.340. The van der Waals surface area contributed by atoms with E-state index in [9.17, 15) is 0 Å². The van der Waals surface area contributed by atoms with E-state index in [1.807, 2.05) is 0 Å². The lowest BCUT2D eigenvalue weighted by atomic mass is 10.1. The molecule has 1 aliphatic heterocycles. The Morgan fingerprint density at radius 2 is 1.62 bits per heavy atom. The van der Waals surface area contributed by atoms with Crippen LogP contribution < -0.4 is 5.32 Å².